The van der Waals surface area contributed by atoms with Crippen molar-refractivity contribution in [3.05, 3.63) is 23.8 Å². The second kappa shape index (κ2) is 6.58. The zero-order valence-corrected chi connectivity index (χ0v) is 11.6. The van der Waals surface area contributed by atoms with Crippen LogP contribution in [0.5, 0.6) is 5.75 Å². The van der Waals surface area contributed by atoms with Gasteiger partial charge < -0.3 is 9.84 Å². The third-order valence-corrected chi connectivity index (χ3v) is 3.96. The molecular weight excluding hydrogens is 318 g/mol. The molecule has 0 saturated heterocycles. The van der Waals surface area contributed by atoms with Crippen LogP contribution in [0.3, 0.4) is 0 Å². The quantitative estimate of drug-likeness (QED) is 0.740. The molecule has 21 heavy (non-hydrogen) atoms. The van der Waals surface area contributed by atoms with Crippen molar-refractivity contribution in [1.29, 1.82) is 0 Å². The van der Waals surface area contributed by atoms with Crippen molar-refractivity contribution in [3.63, 3.8) is 0 Å². The lowest BCUT2D eigenvalue weighted by Crippen LogP contribution is -2.41. The van der Waals surface area contributed by atoms with Gasteiger partial charge >= 0.3 is 12.3 Å². The Morgan fingerprint density at radius 1 is 1.38 bits per heavy atom. The molecule has 0 atom stereocenters. The van der Waals surface area contributed by atoms with Crippen LogP contribution in [0, 0.1) is 0 Å². The van der Waals surface area contributed by atoms with Crippen molar-refractivity contribution in [2.24, 2.45) is 0 Å². The van der Waals surface area contributed by atoms with Gasteiger partial charge in [0.25, 0.3) is 0 Å². The number of hydrogen-bond acceptors (Lipinski definition) is 4. The summed E-state index contributed by atoms with van der Waals surface area (Å²) in [5.41, 5.74) is 0.337. The van der Waals surface area contributed by atoms with Crippen LogP contribution >= 0.6 is 0 Å². The van der Waals surface area contributed by atoms with E-state index in [1.54, 1.807) is 0 Å². The molecule has 0 bridgehead atoms. The van der Waals surface area contributed by atoms with E-state index in [0.717, 1.165) is 13.2 Å². The molecule has 0 aromatic heterocycles. The van der Waals surface area contributed by atoms with E-state index in [-0.39, 0.29) is 12.4 Å². The standard InChI is InChI=1S/C11H13F4NO4S/c1-20-8-4-7(5-17)2-3-9(8)21(18,19)16-6-11(14,15)10(12)13/h2-4,10,16-17H,5-6H2,1H3. The SMILES string of the molecule is COc1cc(CO)ccc1S(=O)(=O)NCC(F)(F)C(F)F. The summed E-state index contributed by atoms with van der Waals surface area (Å²) in [6, 6.07) is 3.45. The van der Waals surface area contributed by atoms with Crippen LogP contribution in [-0.2, 0) is 16.6 Å². The molecule has 0 heterocycles. The topological polar surface area (TPSA) is 75.6 Å². The van der Waals surface area contributed by atoms with E-state index in [0.29, 0.717) is 5.56 Å². The highest BCUT2D eigenvalue weighted by Crippen LogP contribution is 2.27. The summed E-state index contributed by atoms with van der Waals surface area (Å²) in [7, 11) is -3.32. The number of halogens is 4. The number of nitrogens with one attached hydrogen (secondary N) is 1. The molecule has 0 fully saturated rings. The van der Waals surface area contributed by atoms with E-state index in [9.17, 15) is 26.0 Å². The van der Waals surface area contributed by atoms with Crippen LogP contribution in [0.4, 0.5) is 17.6 Å². The Kier molecular flexibility index (Phi) is 5.54. The number of rotatable bonds is 7. The van der Waals surface area contributed by atoms with E-state index in [4.69, 9.17) is 9.84 Å². The molecule has 0 radical (unpaired) electrons. The smallest absolute Gasteiger partial charge is 0.320 e. The second-order valence-electron chi connectivity index (χ2n) is 4.03. The molecule has 0 saturated carbocycles. The highest BCUT2D eigenvalue weighted by molar-refractivity contribution is 7.89. The van der Waals surface area contributed by atoms with Crippen molar-refractivity contribution < 1.29 is 35.8 Å². The summed E-state index contributed by atoms with van der Waals surface area (Å²) in [4.78, 5) is -0.493. The van der Waals surface area contributed by atoms with Gasteiger partial charge in [0.2, 0.25) is 10.0 Å². The summed E-state index contributed by atoms with van der Waals surface area (Å²) in [5, 5.41) is 8.92. The molecule has 2 N–H and O–H groups in total. The average molecular weight is 331 g/mol. The van der Waals surface area contributed by atoms with Gasteiger partial charge in [0.15, 0.2) is 0 Å². The molecule has 1 rings (SSSR count). The number of aliphatic hydroxyl groups excluding tert-OH is 1. The predicted molar refractivity (Wildman–Crippen MR) is 65.1 cm³/mol. The average Bonchev–Trinajstić information content (AvgIpc) is 2.44. The Morgan fingerprint density at radius 3 is 2.48 bits per heavy atom. The summed E-state index contributed by atoms with van der Waals surface area (Å²) >= 11 is 0. The third-order valence-electron chi connectivity index (χ3n) is 2.52. The fourth-order valence-electron chi connectivity index (χ4n) is 1.38. The van der Waals surface area contributed by atoms with Crippen LogP contribution in [0.15, 0.2) is 23.1 Å². The van der Waals surface area contributed by atoms with Gasteiger partial charge in [0.1, 0.15) is 10.6 Å². The van der Waals surface area contributed by atoms with Gasteiger partial charge in [-0.2, -0.15) is 8.78 Å². The summed E-state index contributed by atoms with van der Waals surface area (Å²) in [6.45, 7) is -2.12. The Balaban J connectivity index is 3.03. The van der Waals surface area contributed by atoms with Gasteiger partial charge in [-0.1, -0.05) is 6.07 Å². The van der Waals surface area contributed by atoms with Crippen LogP contribution in [0.1, 0.15) is 5.56 Å². The summed E-state index contributed by atoms with van der Waals surface area (Å²) < 4.78 is 79.4. The van der Waals surface area contributed by atoms with Crippen molar-refractivity contribution in [1.82, 2.24) is 4.72 Å². The fraction of sp³-hybridized carbons (Fsp3) is 0.455. The molecule has 1 aromatic rings. The first-order valence-corrected chi connectivity index (χ1v) is 7.06. The van der Waals surface area contributed by atoms with E-state index >= 15 is 0 Å². The van der Waals surface area contributed by atoms with Crippen LogP contribution in [0.2, 0.25) is 0 Å². The minimum absolute atomic E-state index is 0.200. The third kappa shape index (κ3) is 4.29. The molecule has 0 spiro atoms. The van der Waals surface area contributed by atoms with Gasteiger partial charge in [-0.05, 0) is 17.7 Å². The normalized spacial score (nSPS) is 12.7. The zero-order chi connectivity index (χ0) is 16.3. The Bertz CT molecular complexity index is 592. The molecule has 0 aliphatic heterocycles. The van der Waals surface area contributed by atoms with E-state index in [2.05, 4.69) is 0 Å². The fourth-order valence-corrected chi connectivity index (χ4v) is 2.57. The number of alkyl halides is 4. The van der Waals surface area contributed by atoms with E-state index < -0.39 is 33.8 Å². The van der Waals surface area contributed by atoms with E-state index in [1.807, 2.05) is 0 Å². The van der Waals surface area contributed by atoms with Gasteiger partial charge in [-0.15, -0.1) is 0 Å². The van der Waals surface area contributed by atoms with Gasteiger partial charge in [0, 0.05) is 0 Å². The lowest BCUT2D eigenvalue weighted by Gasteiger charge is -2.17. The number of benzene rings is 1. The van der Waals surface area contributed by atoms with Crippen molar-refractivity contribution in [3.8, 4) is 5.75 Å². The molecule has 5 nitrogen and oxygen atoms in total. The maximum absolute atomic E-state index is 12.8. The van der Waals surface area contributed by atoms with Crippen molar-refractivity contribution >= 4 is 10.0 Å². The molecular formula is C11H13F4NO4S. The second-order valence-corrected chi connectivity index (χ2v) is 5.76. The molecule has 120 valence electrons. The Hall–Kier alpha value is -1.39. The largest absolute Gasteiger partial charge is 0.495 e. The molecule has 0 unspecified atom stereocenters. The van der Waals surface area contributed by atoms with E-state index in [1.165, 1.54) is 16.9 Å². The maximum Gasteiger partial charge on any atom is 0.320 e. The first-order valence-electron chi connectivity index (χ1n) is 5.57. The molecule has 0 aliphatic carbocycles. The van der Waals surface area contributed by atoms with Crippen molar-refractivity contribution in [2.75, 3.05) is 13.7 Å². The van der Waals surface area contributed by atoms with Crippen LogP contribution < -0.4 is 9.46 Å². The summed E-state index contributed by atoms with van der Waals surface area (Å²) in [5.74, 6) is -4.68. The van der Waals surface area contributed by atoms with Crippen LogP contribution in [-0.4, -0.2) is 39.5 Å². The number of aliphatic hydroxyl groups is 1. The van der Waals surface area contributed by atoms with Gasteiger partial charge in [0.05, 0.1) is 20.3 Å². The minimum Gasteiger partial charge on any atom is -0.495 e. The minimum atomic E-state index is -4.48. The Morgan fingerprint density at radius 2 is 2.00 bits per heavy atom. The lowest BCUT2D eigenvalue weighted by molar-refractivity contribution is -0.122. The molecule has 10 heteroatoms. The molecule has 0 amide bonds. The number of methoxy groups -OCH3 is 1. The highest BCUT2D eigenvalue weighted by Gasteiger charge is 2.41. The van der Waals surface area contributed by atoms with Crippen molar-refractivity contribution in [2.45, 2.75) is 23.9 Å². The van der Waals surface area contributed by atoms with Gasteiger partial charge in [-0.25, -0.2) is 21.9 Å². The Labute approximate surface area is 118 Å². The van der Waals surface area contributed by atoms with Gasteiger partial charge in [-0.3, -0.25) is 0 Å². The summed E-state index contributed by atoms with van der Waals surface area (Å²) in [6.07, 6.45) is -3.99. The van der Waals surface area contributed by atoms with Crippen LogP contribution in [0.25, 0.3) is 0 Å². The first-order chi connectivity index (χ1) is 9.64. The maximum atomic E-state index is 12.8. The zero-order valence-electron chi connectivity index (χ0n) is 10.8. The number of sulfonamides is 1. The highest BCUT2D eigenvalue weighted by atomic mass is 32.2. The number of hydrogen-bond donors (Lipinski definition) is 2. The lowest BCUT2D eigenvalue weighted by atomic mass is 10.2. The predicted octanol–water partition coefficient (Wildman–Crippen LogP) is 1.37. The molecule has 0 aliphatic rings. The monoisotopic (exact) mass is 331 g/mol. The number of ether oxygens (including phenoxy) is 1. The molecule has 1 aromatic carbocycles. The first kappa shape index (κ1) is 17.7.